The first-order valence-corrected chi connectivity index (χ1v) is 9.07. The molecule has 0 radical (unpaired) electrons. The van der Waals surface area contributed by atoms with Gasteiger partial charge in [0.1, 0.15) is 5.52 Å². The minimum absolute atomic E-state index is 0.312. The second-order valence-electron chi connectivity index (χ2n) is 6.98. The SMILES string of the molecule is NC(=O)C1(CCCCn2cnc3c(N)nc4ccccc4c32)C=CC=NC1. The molecule has 0 saturated heterocycles. The number of dihydropyridines is 1. The van der Waals surface area contributed by atoms with E-state index >= 15 is 0 Å². The number of nitrogen functional groups attached to an aromatic ring is 1. The van der Waals surface area contributed by atoms with E-state index in [0.717, 1.165) is 41.3 Å². The first kappa shape index (κ1) is 17.2. The predicted octanol–water partition coefficient (Wildman–Crippen LogP) is 2.45. The first-order chi connectivity index (χ1) is 13.1. The number of pyridine rings is 1. The maximum absolute atomic E-state index is 11.9. The second kappa shape index (κ2) is 6.83. The van der Waals surface area contributed by atoms with Gasteiger partial charge in [0.25, 0.3) is 0 Å². The van der Waals surface area contributed by atoms with E-state index < -0.39 is 5.41 Å². The molecule has 1 amide bonds. The molecule has 1 aromatic carbocycles. The Hall–Kier alpha value is -3.22. The highest BCUT2D eigenvalue weighted by Gasteiger charge is 2.33. The van der Waals surface area contributed by atoms with E-state index in [1.807, 2.05) is 36.7 Å². The molecule has 4 rings (SSSR count). The third kappa shape index (κ3) is 3.05. The summed E-state index contributed by atoms with van der Waals surface area (Å²) in [6.07, 6.45) is 9.66. The van der Waals surface area contributed by atoms with Crippen molar-refractivity contribution in [1.82, 2.24) is 14.5 Å². The van der Waals surface area contributed by atoms with Gasteiger partial charge in [0.05, 0.1) is 29.3 Å². The van der Waals surface area contributed by atoms with Crippen LogP contribution in [0.5, 0.6) is 0 Å². The first-order valence-electron chi connectivity index (χ1n) is 9.07. The van der Waals surface area contributed by atoms with Gasteiger partial charge in [0, 0.05) is 18.1 Å². The topological polar surface area (TPSA) is 112 Å². The lowest BCUT2D eigenvalue weighted by atomic mass is 9.80. The number of aromatic nitrogens is 3. The Morgan fingerprint density at radius 3 is 2.89 bits per heavy atom. The van der Waals surface area contributed by atoms with E-state index in [4.69, 9.17) is 11.5 Å². The van der Waals surface area contributed by atoms with Gasteiger partial charge in [-0.2, -0.15) is 0 Å². The van der Waals surface area contributed by atoms with E-state index in [-0.39, 0.29) is 5.91 Å². The molecule has 0 aliphatic carbocycles. The summed E-state index contributed by atoms with van der Waals surface area (Å²) in [5.74, 6) is 0.133. The lowest BCUT2D eigenvalue weighted by molar-refractivity contribution is -0.125. The molecule has 138 valence electrons. The van der Waals surface area contributed by atoms with E-state index in [2.05, 4.69) is 19.5 Å². The third-order valence-corrected chi connectivity index (χ3v) is 5.22. The van der Waals surface area contributed by atoms with Crippen LogP contribution >= 0.6 is 0 Å². The molecule has 1 aliphatic heterocycles. The number of aliphatic imine (C=N–C) groups is 1. The molecule has 4 N–H and O–H groups in total. The Morgan fingerprint density at radius 1 is 1.26 bits per heavy atom. The molecule has 1 aliphatic rings. The van der Waals surface area contributed by atoms with Crippen molar-refractivity contribution in [2.75, 3.05) is 12.3 Å². The van der Waals surface area contributed by atoms with Crippen LogP contribution in [-0.2, 0) is 11.3 Å². The standard InChI is InChI=1S/C20H22N6O/c21-18-16-17(14-6-1-2-7-15(14)25-18)26(13-24-16)11-4-3-8-20(19(22)27)9-5-10-23-12-20/h1-2,5-7,9-10,13H,3-4,8,11-12H2,(H2,21,25)(H2,22,27). The maximum Gasteiger partial charge on any atom is 0.229 e. The predicted molar refractivity (Wildman–Crippen MR) is 107 cm³/mol. The van der Waals surface area contributed by atoms with Crippen molar-refractivity contribution < 1.29 is 4.79 Å². The lowest BCUT2D eigenvalue weighted by Gasteiger charge is -2.27. The van der Waals surface area contributed by atoms with Crippen LogP contribution in [0.1, 0.15) is 19.3 Å². The average molecular weight is 362 g/mol. The molecule has 1 atom stereocenters. The summed E-state index contributed by atoms with van der Waals surface area (Å²) < 4.78 is 2.11. The molecule has 0 spiro atoms. The quantitative estimate of drug-likeness (QED) is 0.656. The minimum atomic E-state index is -0.660. The van der Waals surface area contributed by atoms with Gasteiger partial charge >= 0.3 is 0 Å². The fraction of sp³-hybridized carbons (Fsp3) is 0.300. The molecule has 27 heavy (non-hydrogen) atoms. The van der Waals surface area contributed by atoms with Crippen LogP contribution in [0.3, 0.4) is 0 Å². The summed E-state index contributed by atoms with van der Waals surface area (Å²) >= 11 is 0. The van der Waals surface area contributed by atoms with E-state index in [1.54, 1.807) is 12.3 Å². The van der Waals surface area contributed by atoms with Crippen LogP contribution in [0.15, 0.2) is 47.7 Å². The molecule has 0 saturated carbocycles. The maximum atomic E-state index is 11.9. The Morgan fingerprint density at radius 2 is 2.11 bits per heavy atom. The van der Waals surface area contributed by atoms with Crippen molar-refractivity contribution in [2.45, 2.75) is 25.8 Å². The van der Waals surface area contributed by atoms with E-state index in [9.17, 15) is 4.79 Å². The highest BCUT2D eigenvalue weighted by Crippen LogP contribution is 2.30. The summed E-state index contributed by atoms with van der Waals surface area (Å²) in [5.41, 5.74) is 13.6. The van der Waals surface area contributed by atoms with E-state index in [1.165, 1.54) is 0 Å². The van der Waals surface area contributed by atoms with Crippen LogP contribution in [-0.4, -0.2) is 33.2 Å². The summed E-state index contributed by atoms with van der Waals surface area (Å²) in [6, 6.07) is 7.93. The number of nitrogens with two attached hydrogens (primary N) is 2. The largest absolute Gasteiger partial charge is 0.382 e. The van der Waals surface area contributed by atoms with Gasteiger partial charge in [-0.1, -0.05) is 30.7 Å². The summed E-state index contributed by atoms with van der Waals surface area (Å²) in [4.78, 5) is 25.0. The molecule has 0 fully saturated rings. The van der Waals surface area contributed by atoms with Crippen molar-refractivity contribution in [3.63, 3.8) is 0 Å². The van der Waals surface area contributed by atoms with Crippen LogP contribution in [0, 0.1) is 5.41 Å². The minimum Gasteiger partial charge on any atom is -0.382 e. The number of hydrogen-bond donors (Lipinski definition) is 2. The van der Waals surface area contributed by atoms with Crippen molar-refractivity contribution in [3.8, 4) is 0 Å². The molecular weight excluding hydrogens is 340 g/mol. The van der Waals surface area contributed by atoms with E-state index in [0.29, 0.717) is 18.8 Å². The number of imidazole rings is 1. The molecule has 7 nitrogen and oxygen atoms in total. The number of primary amides is 1. The second-order valence-corrected chi connectivity index (χ2v) is 6.98. The summed E-state index contributed by atoms with van der Waals surface area (Å²) in [6.45, 7) is 1.21. The zero-order valence-corrected chi connectivity index (χ0v) is 15.0. The van der Waals surface area contributed by atoms with Gasteiger partial charge in [0.15, 0.2) is 5.82 Å². The molecule has 1 unspecified atom stereocenters. The van der Waals surface area contributed by atoms with Gasteiger partial charge in [-0.15, -0.1) is 0 Å². The monoisotopic (exact) mass is 362 g/mol. The Balaban J connectivity index is 1.52. The number of unbranched alkanes of at least 4 members (excludes halogenated alkanes) is 1. The van der Waals surface area contributed by atoms with Gasteiger partial charge in [-0.25, -0.2) is 9.97 Å². The average Bonchev–Trinajstić information content (AvgIpc) is 3.11. The van der Waals surface area contributed by atoms with Crippen LogP contribution < -0.4 is 11.5 Å². The van der Waals surface area contributed by atoms with Crippen molar-refractivity contribution >= 4 is 39.9 Å². The zero-order valence-electron chi connectivity index (χ0n) is 15.0. The summed E-state index contributed by atoms with van der Waals surface area (Å²) in [5, 5.41) is 1.04. The zero-order chi connectivity index (χ0) is 18.9. The normalized spacial score (nSPS) is 19.1. The van der Waals surface area contributed by atoms with Crippen LogP contribution in [0.2, 0.25) is 0 Å². The Bertz CT molecular complexity index is 1070. The number of hydrogen-bond acceptors (Lipinski definition) is 5. The van der Waals surface area contributed by atoms with Crippen molar-refractivity contribution in [2.24, 2.45) is 16.1 Å². The van der Waals surface area contributed by atoms with Crippen LogP contribution in [0.4, 0.5) is 5.82 Å². The number of amides is 1. The number of fused-ring (bicyclic) bond motifs is 3. The molecule has 3 aromatic rings. The molecular formula is C20H22N6O. The number of aryl methyl sites for hydroxylation is 1. The number of para-hydroxylation sites is 1. The van der Waals surface area contributed by atoms with Gasteiger partial charge in [0.2, 0.25) is 5.91 Å². The number of rotatable bonds is 6. The fourth-order valence-electron chi connectivity index (χ4n) is 3.70. The number of anilines is 1. The molecule has 3 heterocycles. The number of nitrogens with zero attached hydrogens (tertiary/aromatic N) is 4. The van der Waals surface area contributed by atoms with Gasteiger partial charge < -0.3 is 16.0 Å². The molecule has 0 bridgehead atoms. The number of carbonyl (C=O) groups excluding carboxylic acids is 1. The fourth-order valence-corrected chi connectivity index (χ4v) is 3.70. The van der Waals surface area contributed by atoms with Crippen LogP contribution in [0.25, 0.3) is 21.9 Å². The Kier molecular flexibility index (Phi) is 4.35. The number of benzene rings is 1. The summed E-state index contributed by atoms with van der Waals surface area (Å²) in [7, 11) is 0. The number of allylic oxidation sites excluding steroid dienone is 1. The lowest BCUT2D eigenvalue weighted by Crippen LogP contribution is -2.39. The Labute approximate surface area is 156 Å². The molecule has 7 heteroatoms. The highest BCUT2D eigenvalue weighted by molar-refractivity contribution is 6.06. The van der Waals surface area contributed by atoms with Gasteiger partial charge in [-0.3, -0.25) is 9.79 Å². The highest BCUT2D eigenvalue weighted by atomic mass is 16.1. The number of carbonyl (C=O) groups is 1. The smallest absolute Gasteiger partial charge is 0.229 e. The molecule has 2 aromatic heterocycles. The van der Waals surface area contributed by atoms with Crippen molar-refractivity contribution in [3.05, 3.63) is 42.7 Å². The van der Waals surface area contributed by atoms with Gasteiger partial charge in [-0.05, 0) is 25.0 Å². The third-order valence-electron chi connectivity index (χ3n) is 5.22. The van der Waals surface area contributed by atoms with Crippen molar-refractivity contribution in [1.29, 1.82) is 0 Å².